The summed E-state index contributed by atoms with van der Waals surface area (Å²) in [5.74, 6) is 1.46. The van der Waals surface area contributed by atoms with E-state index in [9.17, 15) is 4.79 Å². The summed E-state index contributed by atoms with van der Waals surface area (Å²) in [5.41, 5.74) is 0. The smallest absolute Gasteiger partial charge is 0.315 e. The second-order valence-electron chi connectivity index (χ2n) is 6.67. The molecule has 5 nitrogen and oxygen atoms in total. The average molecular weight is 323 g/mol. The summed E-state index contributed by atoms with van der Waals surface area (Å²) >= 11 is 1.62. The first-order chi connectivity index (χ1) is 10.6. The van der Waals surface area contributed by atoms with E-state index < -0.39 is 0 Å². The third-order valence-electron chi connectivity index (χ3n) is 4.54. The summed E-state index contributed by atoms with van der Waals surface area (Å²) in [7, 11) is 0. The van der Waals surface area contributed by atoms with Crippen LogP contribution in [-0.4, -0.2) is 30.3 Å². The Morgan fingerprint density at radius 3 is 2.91 bits per heavy atom. The van der Waals surface area contributed by atoms with Crippen molar-refractivity contribution in [3.05, 3.63) is 16.6 Å². The van der Waals surface area contributed by atoms with Crippen molar-refractivity contribution in [1.29, 1.82) is 0 Å². The van der Waals surface area contributed by atoms with Crippen molar-refractivity contribution >= 4 is 17.4 Å². The molecule has 2 amide bonds. The molecular formula is C16H25N3O2S. The topological polar surface area (TPSA) is 63.2 Å². The monoisotopic (exact) mass is 323 g/mol. The molecule has 22 heavy (non-hydrogen) atoms. The lowest BCUT2D eigenvalue weighted by Crippen LogP contribution is -2.42. The Labute approximate surface area is 135 Å². The van der Waals surface area contributed by atoms with Gasteiger partial charge in [-0.05, 0) is 31.1 Å². The largest absolute Gasteiger partial charge is 0.378 e. The molecule has 1 aliphatic carbocycles. The van der Waals surface area contributed by atoms with E-state index in [1.165, 1.54) is 12.8 Å². The molecule has 2 aliphatic rings. The minimum atomic E-state index is -0.0819. The Hall–Kier alpha value is -1.14. The van der Waals surface area contributed by atoms with E-state index in [1.54, 1.807) is 17.5 Å². The van der Waals surface area contributed by atoms with Gasteiger partial charge in [0.05, 0.1) is 12.1 Å². The van der Waals surface area contributed by atoms with E-state index >= 15 is 0 Å². The fourth-order valence-electron chi connectivity index (χ4n) is 3.23. The van der Waals surface area contributed by atoms with Crippen LogP contribution in [0.15, 0.2) is 11.6 Å². The minimum absolute atomic E-state index is 0.0701. The van der Waals surface area contributed by atoms with Gasteiger partial charge in [-0.25, -0.2) is 9.78 Å². The molecule has 6 heteroatoms. The number of aromatic nitrogens is 1. The molecule has 2 fully saturated rings. The Morgan fingerprint density at radius 2 is 2.27 bits per heavy atom. The molecule has 3 rings (SSSR count). The van der Waals surface area contributed by atoms with Gasteiger partial charge in [0.2, 0.25) is 0 Å². The number of thiazole rings is 1. The first kappa shape index (κ1) is 15.7. The van der Waals surface area contributed by atoms with Crippen LogP contribution in [0, 0.1) is 17.8 Å². The van der Waals surface area contributed by atoms with Gasteiger partial charge < -0.3 is 15.4 Å². The van der Waals surface area contributed by atoms with Gasteiger partial charge in [-0.2, -0.15) is 0 Å². The molecule has 1 aromatic heterocycles. The van der Waals surface area contributed by atoms with E-state index in [0.29, 0.717) is 24.3 Å². The molecule has 0 bridgehead atoms. The van der Waals surface area contributed by atoms with Gasteiger partial charge in [0, 0.05) is 30.6 Å². The molecule has 1 aliphatic heterocycles. The lowest BCUT2D eigenvalue weighted by Gasteiger charge is -2.23. The van der Waals surface area contributed by atoms with Gasteiger partial charge >= 0.3 is 6.03 Å². The highest BCUT2D eigenvalue weighted by Crippen LogP contribution is 2.41. The number of nitrogens with one attached hydrogen (secondary N) is 2. The van der Waals surface area contributed by atoms with Gasteiger partial charge in [0.15, 0.2) is 0 Å². The first-order valence-corrected chi connectivity index (χ1v) is 9.08. The van der Waals surface area contributed by atoms with Crippen LogP contribution < -0.4 is 10.6 Å². The fraction of sp³-hybridized carbons (Fsp3) is 0.750. The fourth-order valence-corrected chi connectivity index (χ4v) is 4.01. The van der Waals surface area contributed by atoms with E-state index in [-0.39, 0.29) is 18.2 Å². The van der Waals surface area contributed by atoms with Crippen molar-refractivity contribution in [3.63, 3.8) is 0 Å². The van der Waals surface area contributed by atoms with Crippen molar-refractivity contribution in [3.8, 4) is 0 Å². The van der Waals surface area contributed by atoms with Crippen LogP contribution in [0.1, 0.15) is 44.2 Å². The van der Waals surface area contributed by atoms with E-state index in [0.717, 1.165) is 18.0 Å². The van der Waals surface area contributed by atoms with Gasteiger partial charge in [-0.3, -0.25) is 0 Å². The maximum Gasteiger partial charge on any atom is 0.315 e. The summed E-state index contributed by atoms with van der Waals surface area (Å²) < 4.78 is 5.77. The van der Waals surface area contributed by atoms with E-state index in [1.807, 2.05) is 5.38 Å². The van der Waals surface area contributed by atoms with Crippen LogP contribution in [0.2, 0.25) is 0 Å². The Balaban J connectivity index is 1.49. The van der Waals surface area contributed by atoms with Crippen molar-refractivity contribution in [1.82, 2.24) is 15.6 Å². The molecule has 2 heterocycles. The predicted molar refractivity (Wildman–Crippen MR) is 86.8 cm³/mol. The summed E-state index contributed by atoms with van der Waals surface area (Å²) in [6.07, 6.45) is 5.45. The van der Waals surface area contributed by atoms with Crippen LogP contribution in [0.4, 0.5) is 4.79 Å². The standard InChI is InChI=1S/C16H25N3O2S/c1-10(2)14-12(5-7-21-14)9-18-16(20)19-13(11-3-4-11)15-17-6-8-22-15/h6,8,10-14H,3-5,7,9H2,1-2H3,(H2,18,19,20)/t12-,13+,14+/m1/s1. The number of carbonyl (C=O) groups excluding carboxylic acids is 1. The number of nitrogens with zero attached hydrogens (tertiary/aromatic N) is 1. The molecule has 0 spiro atoms. The second-order valence-corrected chi connectivity index (χ2v) is 7.59. The number of hydrogen-bond donors (Lipinski definition) is 2. The Bertz CT molecular complexity index is 488. The van der Waals surface area contributed by atoms with E-state index in [2.05, 4.69) is 29.5 Å². The molecule has 0 aromatic carbocycles. The highest BCUT2D eigenvalue weighted by molar-refractivity contribution is 7.09. The number of amides is 2. The highest BCUT2D eigenvalue weighted by Gasteiger charge is 2.35. The number of urea groups is 1. The van der Waals surface area contributed by atoms with Gasteiger partial charge in [-0.1, -0.05) is 13.8 Å². The van der Waals surface area contributed by atoms with Crippen LogP contribution in [0.5, 0.6) is 0 Å². The summed E-state index contributed by atoms with van der Waals surface area (Å²) in [6.45, 7) is 5.84. The molecule has 0 unspecified atom stereocenters. The SMILES string of the molecule is CC(C)[C@@H]1OCC[C@@H]1CNC(=O)N[C@H](c1nccs1)C1CC1. The summed E-state index contributed by atoms with van der Waals surface area (Å²) in [6, 6.07) is -0.0118. The molecular weight excluding hydrogens is 298 g/mol. The minimum Gasteiger partial charge on any atom is -0.378 e. The summed E-state index contributed by atoms with van der Waals surface area (Å²) in [4.78, 5) is 16.6. The first-order valence-electron chi connectivity index (χ1n) is 8.20. The molecule has 1 saturated heterocycles. The molecule has 1 saturated carbocycles. The normalized spacial score (nSPS) is 26.1. The predicted octanol–water partition coefficient (Wildman–Crippen LogP) is 2.95. The van der Waals surface area contributed by atoms with Crippen molar-refractivity contribution in [2.45, 2.75) is 45.3 Å². The quantitative estimate of drug-likeness (QED) is 0.846. The lowest BCUT2D eigenvalue weighted by molar-refractivity contribution is 0.0545. The maximum absolute atomic E-state index is 12.2. The highest BCUT2D eigenvalue weighted by atomic mass is 32.1. The third kappa shape index (κ3) is 3.79. The Morgan fingerprint density at radius 1 is 1.45 bits per heavy atom. The lowest BCUT2D eigenvalue weighted by atomic mass is 9.93. The number of ether oxygens (including phenoxy) is 1. The summed E-state index contributed by atoms with van der Waals surface area (Å²) in [5, 5.41) is 9.12. The second kappa shape index (κ2) is 6.96. The maximum atomic E-state index is 12.2. The zero-order chi connectivity index (χ0) is 15.5. The molecule has 3 atom stereocenters. The average Bonchev–Trinajstić information content (AvgIpc) is 3.01. The zero-order valence-corrected chi connectivity index (χ0v) is 14.1. The molecule has 1 aromatic rings. The van der Waals surface area contributed by atoms with Crippen LogP contribution in [-0.2, 0) is 4.74 Å². The molecule has 0 radical (unpaired) electrons. The van der Waals surface area contributed by atoms with Gasteiger partial charge in [0.1, 0.15) is 5.01 Å². The van der Waals surface area contributed by atoms with Gasteiger partial charge in [0.25, 0.3) is 0 Å². The van der Waals surface area contributed by atoms with Gasteiger partial charge in [-0.15, -0.1) is 11.3 Å². The number of carbonyl (C=O) groups is 1. The van der Waals surface area contributed by atoms with Crippen molar-refractivity contribution in [2.24, 2.45) is 17.8 Å². The van der Waals surface area contributed by atoms with Crippen molar-refractivity contribution < 1.29 is 9.53 Å². The van der Waals surface area contributed by atoms with Crippen molar-refractivity contribution in [2.75, 3.05) is 13.2 Å². The Kier molecular flexibility index (Phi) is 4.98. The van der Waals surface area contributed by atoms with Crippen LogP contribution in [0.25, 0.3) is 0 Å². The third-order valence-corrected chi connectivity index (χ3v) is 5.40. The van der Waals surface area contributed by atoms with Crippen LogP contribution in [0.3, 0.4) is 0 Å². The van der Waals surface area contributed by atoms with Crippen LogP contribution >= 0.6 is 11.3 Å². The number of rotatable bonds is 6. The number of hydrogen-bond acceptors (Lipinski definition) is 4. The molecule has 2 N–H and O–H groups in total. The molecule has 122 valence electrons. The zero-order valence-electron chi connectivity index (χ0n) is 13.2. The van der Waals surface area contributed by atoms with E-state index in [4.69, 9.17) is 4.74 Å².